The van der Waals surface area contributed by atoms with E-state index in [1.54, 1.807) is 0 Å². The molecule has 0 aromatic heterocycles. The highest BCUT2D eigenvalue weighted by atomic mass is 16.8. The molecule has 0 amide bonds. The number of hydrogen-bond donors (Lipinski definition) is 11. The molecule has 10 aliphatic rings. The molecule has 4 aliphatic carbocycles. The molecule has 6 saturated heterocycles. The Bertz CT molecular complexity index is 1910. The predicted molar refractivity (Wildman–Crippen MR) is 245 cm³/mol. The normalized spacial score (nSPS) is 57.8. The van der Waals surface area contributed by atoms with Crippen LogP contribution in [0.25, 0.3) is 0 Å². The fourth-order valence-corrected chi connectivity index (χ4v) is 15.5. The van der Waals surface area contributed by atoms with Crippen molar-refractivity contribution < 1.29 is 104 Å². The van der Waals surface area contributed by atoms with Crippen LogP contribution in [0.15, 0.2) is 11.6 Å². The Morgan fingerprint density at radius 2 is 1.19 bits per heavy atom. The Morgan fingerprint density at radius 1 is 0.583 bits per heavy atom. The van der Waals surface area contributed by atoms with E-state index in [9.17, 15) is 56.2 Å². The Labute approximate surface area is 420 Å². The van der Waals surface area contributed by atoms with Crippen molar-refractivity contribution in [3.8, 4) is 0 Å². The standard InChI is InChI=1S/C51H82O21/c1-20-32-30(72-51(20)14-9-24(17-52)19-63-51)16-29-27-8-7-25-15-26(10-12-49(25,5)28(27)11-13-50(29,32)6)67-48-44(71-46-39(60)36(57)34(55)22(3)65-46)41(62)43(31(18-53)68-48)70-47-40(61)37(58)42(23(4)66-47)69-45-38(59)35(56)33(54)21(2)64-45/h7,20-24,26-48,52-62H,8-19H2,1-6H3. The number of ether oxygens (including phenoxy) is 10. The summed E-state index contributed by atoms with van der Waals surface area (Å²) in [5.41, 5.74) is 1.34. The number of hydrogen-bond acceptors (Lipinski definition) is 21. The van der Waals surface area contributed by atoms with Gasteiger partial charge in [-0.2, -0.15) is 0 Å². The molecule has 72 heavy (non-hydrogen) atoms. The zero-order chi connectivity index (χ0) is 51.5. The van der Waals surface area contributed by atoms with Gasteiger partial charge >= 0.3 is 0 Å². The molecule has 0 bridgehead atoms. The van der Waals surface area contributed by atoms with Crippen LogP contribution in [0.5, 0.6) is 0 Å². The molecule has 3 saturated carbocycles. The molecule has 412 valence electrons. The third-order valence-electron chi connectivity index (χ3n) is 19.8. The number of aliphatic hydroxyl groups is 11. The molecule has 6 heterocycles. The molecule has 21 nitrogen and oxygen atoms in total. The molecule has 6 aliphatic heterocycles. The largest absolute Gasteiger partial charge is 0.396 e. The van der Waals surface area contributed by atoms with Gasteiger partial charge in [0.25, 0.3) is 0 Å². The molecule has 10 rings (SSSR count). The molecule has 0 radical (unpaired) electrons. The van der Waals surface area contributed by atoms with Crippen LogP contribution in [0.3, 0.4) is 0 Å². The maximum Gasteiger partial charge on any atom is 0.187 e. The second-order valence-corrected chi connectivity index (χ2v) is 23.8. The second kappa shape index (κ2) is 20.6. The van der Waals surface area contributed by atoms with Crippen LogP contribution in [-0.4, -0.2) is 217 Å². The van der Waals surface area contributed by atoms with Gasteiger partial charge in [0.05, 0.1) is 43.7 Å². The van der Waals surface area contributed by atoms with Crippen LogP contribution in [0, 0.1) is 46.3 Å². The van der Waals surface area contributed by atoms with E-state index in [1.165, 1.54) is 26.3 Å². The topological polar surface area (TPSA) is 315 Å². The van der Waals surface area contributed by atoms with Crippen molar-refractivity contribution in [3.05, 3.63) is 11.6 Å². The van der Waals surface area contributed by atoms with Crippen molar-refractivity contribution in [1.82, 2.24) is 0 Å². The highest BCUT2D eigenvalue weighted by Crippen LogP contribution is 2.71. The summed E-state index contributed by atoms with van der Waals surface area (Å²) in [6, 6.07) is 0. The minimum atomic E-state index is -1.85. The number of fused-ring (bicyclic) bond motifs is 7. The molecule has 9 fully saturated rings. The Kier molecular flexibility index (Phi) is 15.5. The first-order valence-corrected chi connectivity index (χ1v) is 26.7. The van der Waals surface area contributed by atoms with Crippen LogP contribution < -0.4 is 0 Å². The van der Waals surface area contributed by atoms with Crippen LogP contribution in [0.2, 0.25) is 0 Å². The first-order valence-electron chi connectivity index (χ1n) is 26.7. The third kappa shape index (κ3) is 9.09. The molecule has 31 unspecified atom stereocenters. The van der Waals surface area contributed by atoms with Gasteiger partial charge in [0.15, 0.2) is 30.9 Å². The average Bonchev–Trinajstić information content (AvgIpc) is 3.81. The quantitative estimate of drug-likeness (QED) is 0.118. The van der Waals surface area contributed by atoms with E-state index in [0.29, 0.717) is 43.1 Å². The summed E-state index contributed by atoms with van der Waals surface area (Å²) in [7, 11) is 0. The minimum Gasteiger partial charge on any atom is -0.396 e. The molecule has 11 N–H and O–H groups in total. The summed E-state index contributed by atoms with van der Waals surface area (Å²) in [6.45, 7) is 11.6. The highest BCUT2D eigenvalue weighted by molar-refractivity contribution is 5.26. The predicted octanol–water partition coefficient (Wildman–Crippen LogP) is -0.934. The lowest BCUT2D eigenvalue weighted by atomic mass is 9.47. The molecular weight excluding hydrogens is 949 g/mol. The third-order valence-corrected chi connectivity index (χ3v) is 19.8. The van der Waals surface area contributed by atoms with Gasteiger partial charge in [-0.25, -0.2) is 0 Å². The van der Waals surface area contributed by atoms with Crippen molar-refractivity contribution in [2.24, 2.45) is 46.3 Å². The van der Waals surface area contributed by atoms with E-state index in [1.807, 2.05) is 0 Å². The van der Waals surface area contributed by atoms with Crippen LogP contribution >= 0.6 is 0 Å². The summed E-state index contributed by atoms with van der Waals surface area (Å²) < 4.78 is 62.1. The summed E-state index contributed by atoms with van der Waals surface area (Å²) in [5.74, 6) is 1.71. The smallest absolute Gasteiger partial charge is 0.187 e. The van der Waals surface area contributed by atoms with E-state index in [2.05, 4.69) is 26.8 Å². The first kappa shape index (κ1) is 54.3. The van der Waals surface area contributed by atoms with Crippen molar-refractivity contribution in [2.45, 2.75) is 240 Å². The monoisotopic (exact) mass is 1030 g/mol. The summed E-state index contributed by atoms with van der Waals surface area (Å²) in [4.78, 5) is 0. The van der Waals surface area contributed by atoms with E-state index < -0.39 is 141 Å². The number of aliphatic hydroxyl groups excluding tert-OH is 11. The van der Waals surface area contributed by atoms with E-state index in [4.69, 9.17) is 47.4 Å². The van der Waals surface area contributed by atoms with Gasteiger partial charge in [-0.3, -0.25) is 0 Å². The molecule has 0 aromatic carbocycles. The van der Waals surface area contributed by atoms with Gasteiger partial charge < -0.3 is 104 Å². The van der Waals surface area contributed by atoms with Gasteiger partial charge in [-0.1, -0.05) is 32.4 Å². The van der Waals surface area contributed by atoms with Crippen molar-refractivity contribution in [3.63, 3.8) is 0 Å². The Hall–Kier alpha value is -1.10. The Morgan fingerprint density at radius 3 is 1.81 bits per heavy atom. The zero-order valence-electron chi connectivity index (χ0n) is 42.2. The van der Waals surface area contributed by atoms with Crippen molar-refractivity contribution in [2.75, 3.05) is 19.8 Å². The van der Waals surface area contributed by atoms with E-state index in [-0.39, 0.29) is 35.4 Å². The average molecular weight is 1030 g/mol. The SMILES string of the molecule is CC1OC(OC2C(C)OC(OC3C(CO)OC(OC4CCC5(C)C(=CCC6C5CCC5(C)C6CC6OC7(CCC(CO)CO7)C(C)C65)C4)C(OC4OC(C)C(O)C(O)C4O)C3O)C(O)C2O)C(O)C(O)C1O. The fourth-order valence-electron chi connectivity index (χ4n) is 15.5. The fraction of sp³-hybridized carbons (Fsp3) is 0.961. The second-order valence-electron chi connectivity index (χ2n) is 23.8. The lowest BCUT2D eigenvalue weighted by Gasteiger charge is -2.59. The highest BCUT2D eigenvalue weighted by Gasteiger charge is 2.69. The molecular formula is C51H82O21. The van der Waals surface area contributed by atoms with Crippen LogP contribution in [-0.2, 0) is 47.4 Å². The van der Waals surface area contributed by atoms with E-state index >= 15 is 0 Å². The summed E-state index contributed by atoms with van der Waals surface area (Å²) in [6.07, 6.45) is -19.8. The van der Waals surface area contributed by atoms with Gasteiger partial charge in [0.2, 0.25) is 0 Å². The molecule has 21 heteroatoms. The maximum atomic E-state index is 12.3. The van der Waals surface area contributed by atoms with E-state index in [0.717, 1.165) is 44.9 Å². The van der Waals surface area contributed by atoms with Gasteiger partial charge in [-0.15, -0.1) is 0 Å². The molecule has 0 aromatic rings. The van der Waals surface area contributed by atoms with Gasteiger partial charge in [0, 0.05) is 24.9 Å². The van der Waals surface area contributed by atoms with Gasteiger partial charge in [-0.05, 0) is 107 Å². The van der Waals surface area contributed by atoms with Crippen LogP contribution in [0.4, 0.5) is 0 Å². The lowest BCUT2D eigenvalue weighted by Crippen LogP contribution is -2.67. The van der Waals surface area contributed by atoms with Crippen molar-refractivity contribution >= 4 is 0 Å². The number of rotatable bonds is 10. The summed E-state index contributed by atoms with van der Waals surface area (Å²) in [5, 5.41) is 119. The summed E-state index contributed by atoms with van der Waals surface area (Å²) >= 11 is 0. The first-order chi connectivity index (χ1) is 34.1. The van der Waals surface area contributed by atoms with Crippen LogP contribution in [0.1, 0.15) is 99.3 Å². The lowest BCUT2D eigenvalue weighted by molar-refractivity contribution is -0.394. The maximum absolute atomic E-state index is 12.3. The van der Waals surface area contributed by atoms with Gasteiger partial charge in [0.1, 0.15) is 79.4 Å². The Balaban J connectivity index is 0.832. The van der Waals surface area contributed by atoms with Crippen molar-refractivity contribution in [1.29, 1.82) is 0 Å². The minimum absolute atomic E-state index is 0.0815. The molecule has 1 spiro atoms. The number of allylic oxidation sites excluding steroid dienone is 1. The molecule has 31 atom stereocenters. The zero-order valence-corrected chi connectivity index (χ0v) is 42.2.